The van der Waals surface area contributed by atoms with E-state index in [1.807, 2.05) is 46.3 Å². The van der Waals surface area contributed by atoms with Gasteiger partial charge in [-0.2, -0.15) is 0 Å². The molecule has 1 rings (SSSR count). The van der Waals surface area contributed by atoms with Crippen LogP contribution in [0.3, 0.4) is 0 Å². The van der Waals surface area contributed by atoms with Gasteiger partial charge in [0.1, 0.15) is 0 Å². The van der Waals surface area contributed by atoms with Gasteiger partial charge in [-0.15, -0.1) is 0 Å². The summed E-state index contributed by atoms with van der Waals surface area (Å²) in [5.41, 5.74) is 1.95. The van der Waals surface area contributed by atoms with E-state index < -0.39 is 0 Å². The summed E-state index contributed by atoms with van der Waals surface area (Å²) in [6.07, 6.45) is -0.353. The number of carbonyl (C=O) groups excluding carboxylic acids is 1. The van der Waals surface area contributed by atoms with Crippen LogP contribution in [0.1, 0.15) is 5.56 Å². The zero-order valence-electron chi connectivity index (χ0n) is 11.8. The molecule has 0 fully saturated rings. The minimum Gasteiger partial charge on any atom is -1.00 e. The van der Waals surface area contributed by atoms with Crippen molar-refractivity contribution in [3.63, 3.8) is 0 Å². The summed E-state index contributed by atoms with van der Waals surface area (Å²) < 4.78 is 6.04. The molecule has 5 heteroatoms. The maximum atomic E-state index is 11.6. The van der Waals surface area contributed by atoms with Gasteiger partial charge in [0.05, 0.1) is 21.1 Å². The molecule has 1 aromatic carbocycles. The molecule has 0 bridgehead atoms. The van der Waals surface area contributed by atoms with Crippen molar-refractivity contribution < 1.29 is 26.5 Å². The predicted molar refractivity (Wildman–Crippen MR) is 70.5 cm³/mol. The van der Waals surface area contributed by atoms with Crippen LogP contribution >= 0.6 is 0 Å². The zero-order valence-corrected chi connectivity index (χ0v) is 13.4. The van der Waals surface area contributed by atoms with Crippen molar-refractivity contribution in [2.75, 3.05) is 35.2 Å². The van der Waals surface area contributed by atoms with Gasteiger partial charge in [0, 0.05) is 20.2 Å². The Morgan fingerprint density at radius 2 is 1.78 bits per heavy atom. The van der Waals surface area contributed by atoms with Crippen LogP contribution in [0.15, 0.2) is 18.2 Å². The Labute approximate surface area is 120 Å². The first-order chi connectivity index (χ1) is 7.73. The Balaban J connectivity index is 0.00000289. The van der Waals surface area contributed by atoms with Crippen molar-refractivity contribution >= 4 is 11.8 Å². The van der Waals surface area contributed by atoms with Gasteiger partial charge in [0.15, 0.2) is 11.4 Å². The number of halogens is 1. The van der Waals surface area contributed by atoms with Crippen molar-refractivity contribution in [3.05, 3.63) is 23.8 Å². The van der Waals surface area contributed by atoms with Gasteiger partial charge in [-0.3, -0.25) is 4.48 Å². The molecule has 0 aromatic heterocycles. The van der Waals surface area contributed by atoms with Crippen LogP contribution in [0.25, 0.3) is 0 Å². The molecule has 1 aromatic rings. The Kier molecular flexibility index (Phi) is 5.83. The van der Waals surface area contributed by atoms with E-state index in [0.717, 1.165) is 11.3 Å². The number of hydrogen-bond donors (Lipinski definition) is 0. The first-order valence-electron chi connectivity index (χ1n) is 5.54. The molecule has 0 saturated carbocycles. The van der Waals surface area contributed by atoms with Gasteiger partial charge in [0.25, 0.3) is 0 Å². The molecule has 0 saturated heterocycles. The number of quaternary nitrogens is 1. The van der Waals surface area contributed by atoms with E-state index in [1.165, 1.54) is 4.90 Å². The molecule has 0 N–H and O–H groups in total. The summed E-state index contributed by atoms with van der Waals surface area (Å²) in [7, 11) is 9.48. The van der Waals surface area contributed by atoms with Crippen molar-refractivity contribution in [2.24, 2.45) is 0 Å². The second kappa shape index (κ2) is 6.20. The number of aryl methyl sites for hydroxylation is 1. The second-order valence-electron chi connectivity index (χ2n) is 5.20. The van der Waals surface area contributed by atoms with Crippen molar-refractivity contribution in [3.8, 4) is 5.75 Å². The maximum Gasteiger partial charge on any atom is 0.414 e. The van der Waals surface area contributed by atoms with Gasteiger partial charge in [0.2, 0.25) is 0 Å². The molecule has 18 heavy (non-hydrogen) atoms. The van der Waals surface area contributed by atoms with Gasteiger partial charge in [-0.05, 0) is 12.5 Å². The lowest BCUT2D eigenvalue weighted by atomic mass is 10.1. The highest BCUT2D eigenvalue weighted by Gasteiger charge is 2.22. The van der Waals surface area contributed by atoms with Crippen LogP contribution in [0.4, 0.5) is 10.5 Å². The molecule has 0 spiro atoms. The molecule has 102 valence electrons. The minimum absolute atomic E-state index is 0. The fraction of sp³-hybridized carbons (Fsp3) is 0.462. The minimum atomic E-state index is -0.353. The van der Waals surface area contributed by atoms with Gasteiger partial charge < -0.3 is 26.6 Å². The molecule has 0 radical (unpaired) electrons. The molecule has 0 aliphatic rings. The third-order valence-corrected chi connectivity index (χ3v) is 2.47. The normalized spacial score (nSPS) is 10.6. The predicted octanol–water partition coefficient (Wildman–Crippen LogP) is -0.744. The average Bonchev–Trinajstić information content (AvgIpc) is 2.18. The highest BCUT2D eigenvalue weighted by Crippen LogP contribution is 2.33. The number of rotatable bonds is 2. The Hall–Kier alpha value is -1.07. The van der Waals surface area contributed by atoms with Crippen LogP contribution in [-0.4, -0.2) is 46.2 Å². The number of nitrogens with zero attached hydrogens (tertiary/aromatic N) is 2. The van der Waals surface area contributed by atoms with E-state index in [1.54, 1.807) is 14.1 Å². The molecule has 0 atom stereocenters. The number of hydrogen-bond acceptors (Lipinski definition) is 2. The lowest BCUT2D eigenvalue weighted by Crippen LogP contribution is -3.00. The Morgan fingerprint density at radius 3 is 2.22 bits per heavy atom. The quantitative estimate of drug-likeness (QED) is 0.672. The highest BCUT2D eigenvalue weighted by molar-refractivity contribution is 5.73. The second-order valence-corrected chi connectivity index (χ2v) is 5.20. The van der Waals surface area contributed by atoms with Crippen LogP contribution in [-0.2, 0) is 0 Å². The first-order valence-corrected chi connectivity index (χ1v) is 5.54. The number of benzene rings is 1. The summed E-state index contributed by atoms with van der Waals surface area (Å²) in [5, 5.41) is 0. The third-order valence-electron chi connectivity index (χ3n) is 2.47. The van der Waals surface area contributed by atoms with Crippen LogP contribution in [0, 0.1) is 6.92 Å². The average molecular weight is 317 g/mol. The number of ether oxygens (including phenoxy) is 1. The Bertz CT molecular complexity index is 425. The summed E-state index contributed by atoms with van der Waals surface area (Å²) in [5.74, 6) is 0.652. The van der Waals surface area contributed by atoms with E-state index >= 15 is 0 Å². The molecule has 1 amide bonds. The van der Waals surface area contributed by atoms with E-state index in [-0.39, 0.29) is 23.1 Å². The van der Waals surface area contributed by atoms with Crippen LogP contribution in [0.5, 0.6) is 5.75 Å². The standard InChI is InChI=1S/C13H21N2O2.BrH/c1-10-8-7-9-11(15(4,5)6)12(10)17-13(16)14(2)3;/h7-9H,1-6H3;1H/q+1;/p-1. The molecule has 0 heterocycles. The van der Waals surface area contributed by atoms with E-state index in [9.17, 15) is 4.79 Å². The number of carbonyl (C=O) groups is 1. The summed E-state index contributed by atoms with van der Waals surface area (Å²) in [6, 6.07) is 5.89. The molecular formula is C13H21BrN2O2. The van der Waals surface area contributed by atoms with Crippen LogP contribution < -0.4 is 26.2 Å². The smallest absolute Gasteiger partial charge is 0.414 e. The largest absolute Gasteiger partial charge is 1.00 e. The third kappa shape index (κ3) is 3.99. The fourth-order valence-corrected chi connectivity index (χ4v) is 1.48. The van der Waals surface area contributed by atoms with Crippen LogP contribution in [0.2, 0.25) is 0 Å². The molecule has 4 nitrogen and oxygen atoms in total. The van der Waals surface area contributed by atoms with Crippen molar-refractivity contribution in [1.29, 1.82) is 0 Å². The van der Waals surface area contributed by atoms with Gasteiger partial charge in [-0.25, -0.2) is 4.79 Å². The summed E-state index contributed by atoms with van der Waals surface area (Å²) >= 11 is 0. The lowest BCUT2D eigenvalue weighted by Gasteiger charge is -2.26. The monoisotopic (exact) mass is 316 g/mol. The highest BCUT2D eigenvalue weighted by atomic mass is 79.9. The van der Waals surface area contributed by atoms with Gasteiger partial charge in [-0.1, -0.05) is 12.1 Å². The molecule has 0 aliphatic heterocycles. The topological polar surface area (TPSA) is 29.5 Å². The summed E-state index contributed by atoms with van der Waals surface area (Å²) in [6.45, 7) is 1.94. The fourth-order valence-electron chi connectivity index (χ4n) is 1.48. The van der Waals surface area contributed by atoms with Gasteiger partial charge >= 0.3 is 6.09 Å². The van der Waals surface area contributed by atoms with Crippen molar-refractivity contribution in [1.82, 2.24) is 9.38 Å². The maximum absolute atomic E-state index is 11.6. The lowest BCUT2D eigenvalue weighted by molar-refractivity contribution is -0.00000897. The molecule has 0 unspecified atom stereocenters. The SMILES string of the molecule is Cc1cccc([N+](C)(C)C)c1OC(=O)N(C)C.[Br-]. The Morgan fingerprint density at radius 1 is 1.22 bits per heavy atom. The zero-order chi connectivity index (χ0) is 13.2. The summed E-state index contributed by atoms with van der Waals surface area (Å²) in [4.78, 5) is 13.1. The van der Waals surface area contributed by atoms with E-state index in [4.69, 9.17) is 4.74 Å². The number of amides is 1. The van der Waals surface area contributed by atoms with E-state index in [2.05, 4.69) is 0 Å². The van der Waals surface area contributed by atoms with Crippen molar-refractivity contribution in [2.45, 2.75) is 6.92 Å². The molecule has 0 aliphatic carbocycles. The van der Waals surface area contributed by atoms with E-state index in [0.29, 0.717) is 10.2 Å². The number of para-hydroxylation sites is 1. The molecular weight excluding hydrogens is 296 g/mol. The first kappa shape index (κ1) is 16.9.